The van der Waals surface area contributed by atoms with Gasteiger partial charge < -0.3 is 16.8 Å². The van der Waals surface area contributed by atoms with E-state index in [9.17, 15) is 19.7 Å². The van der Waals surface area contributed by atoms with Crippen LogP contribution in [0, 0.1) is 10.1 Å². The number of amides is 2. The summed E-state index contributed by atoms with van der Waals surface area (Å²) in [6.07, 6.45) is 0. The molecule has 10 heteroatoms. The van der Waals surface area contributed by atoms with Gasteiger partial charge >= 0.3 is 0 Å². The van der Waals surface area contributed by atoms with Crippen molar-refractivity contribution in [1.29, 1.82) is 0 Å². The van der Waals surface area contributed by atoms with Gasteiger partial charge in [-0.2, -0.15) is 4.99 Å². The Hall–Kier alpha value is -2.68. The first-order valence-electron chi connectivity index (χ1n) is 5.12. The molecule has 5 N–H and O–H groups in total. The van der Waals surface area contributed by atoms with E-state index in [0.29, 0.717) is 0 Å². The maximum absolute atomic E-state index is 11.8. The fourth-order valence-electron chi connectivity index (χ4n) is 1.35. The third-order valence-corrected chi connectivity index (χ3v) is 2.36. The molecule has 0 radical (unpaired) electrons. The van der Waals surface area contributed by atoms with Crippen LogP contribution in [0.25, 0.3) is 0 Å². The van der Waals surface area contributed by atoms with Gasteiger partial charge in [0.2, 0.25) is 5.91 Å². The van der Waals surface area contributed by atoms with Crippen molar-refractivity contribution in [3.8, 4) is 0 Å². The molecule has 0 unspecified atom stereocenters. The zero-order valence-electron chi connectivity index (χ0n) is 10.2. The quantitative estimate of drug-likeness (QED) is 0.322. The molecule has 0 saturated heterocycles. The van der Waals surface area contributed by atoms with Crippen LogP contribution in [0.15, 0.2) is 17.1 Å². The summed E-state index contributed by atoms with van der Waals surface area (Å²) in [6.45, 7) is 1.18. The van der Waals surface area contributed by atoms with Crippen LogP contribution in [-0.2, 0) is 4.79 Å². The predicted molar refractivity (Wildman–Crippen MR) is 72.6 cm³/mol. The summed E-state index contributed by atoms with van der Waals surface area (Å²) in [5.41, 5.74) is 9.42. The predicted octanol–water partition coefficient (Wildman–Crippen LogP) is 0.620. The van der Waals surface area contributed by atoms with E-state index in [1.54, 1.807) is 0 Å². The lowest BCUT2D eigenvalue weighted by molar-refractivity contribution is -0.384. The minimum absolute atomic E-state index is 0.108. The maximum Gasteiger partial charge on any atom is 0.290 e. The standard InChI is InChI=1S/C10H10ClN5O4/c1-4(17)14-7-3-8(16(19)20)6(11)2-5(7)9(18)15-10(12)13/h2-3H,1H3,(H,14,17)(H4,12,13,15,18). The number of nitrogens with zero attached hydrogens (tertiary/aromatic N) is 2. The van der Waals surface area contributed by atoms with Crippen molar-refractivity contribution < 1.29 is 14.5 Å². The molecule has 0 bridgehead atoms. The minimum Gasteiger partial charge on any atom is -0.370 e. The Morgan fingerprint density at radius 3 is 2.45 bits per heavy atom. The largest absolute Gasteiger partial charge is 0.370 e. The first-order chi connectivity index (χ1) is 9.22. The van der Waals surface area contributed by atoms with Crippen molar-refractivity contribution in [3.05, 3.63) is 32.8 Å². The van der Waals surface area contributed by atoms with Crippen molar-refractivity contribution in [2.75, 3.05) is 5.32 Å². The maximum atomic E-state index is 11.8. The van der Waals surface area contributed by atoms with Crippen LogP contribution in [0.5, 0.6) is 0 Å². The van der Waals surface area contributed by atoms with Crippen molar-refractivity contribution in [2.45, 2.75) is 6.92 Å². The lowest BCUT2D eigenvalue weighted by Crippen LogP contribution is -2.24. The van der Waals surface area contributed by atoms with Gasteiger partial charge in [-0.15, -0.1) is 0 Å². The van der Waals surface area contributed by atoms with Crippen LogP contribution >= 0.6 is 11.6 Å². The number of guanidine groups is 1. The summed E-state index contributed by atoms with van der Waals surface area (Å²) in [7, 11) is 0. The molecule has 0 aromatic heterocycles. The molecule has 1 rings (SSSR count). The van der Waals surface area contributed by atoms with Gasteiger partial charge in [0.25, 0.3) is 11.6 Å². The Morgan fingerprint density at radius 1 is 1.40 bits per heavy atom. The van der Waals surface area contributed by atoms with E-state index in [2.05, 4.69) is 10.3 Å². The van der Waals surface area contributed by atoms with Crippen LogP contribution < -0.4 is 16.8 Å². The molecule has 0 aliphatic rings. The van der Waals surface area contributed by atoms with E-state index in [4.69, 9.17) is 23.1 Å². The molecule has 0 saturated carbocycles. The number of benzene rings is 1. The molecule has 0 aliphatic carbocycles. The van der Waals surface area contributed by atoms with Gasteiger partial charge in [0, 0.05) is 13.0 Å². The van der Waals surface area contributed by atoms with E-state index in [1.807, 2.05) is 0 Å². The van der Waals surface area contributed by atoms with Crippen LogP contribution in [0.2, 0.25) is 5.02 Å². The number of hydrogen-bond donors (Lipinski definition) is 3. The molecule has 0 aliphatic heterocycles. The van der Waals surface area contributed by atoms with Crippen LogP contribution in [0.1, 0.15) is 17.3 Å². The molecule has 0 fully saturated rings. The summed E-state index contributed by atoms with van der Waals surface area (Å²) < 4.78 is 0. The molecule has 0 heterocycles. The average Bonchev–Trinajstić information content (AvgIpc) is 2.28. The highest BCUT2D eigenvalue weighted by Gasteiger charge is 2.21. The topological polar surface area (TPSA) is 154 Å². The van der Waals surface area contributed by atoms with Crippen molar-refractivity contribution in [1.82, 2.24) is 0 Å². The first-order valence-corrected chi connectivity index (χ1v) is 5.49. The molecule has 1 aromatic carbocycles. The van der Waals surface area contributed by atoms with Crippen molar-refractivity contribution in [2.24, 2.45) is 16.5 Å². The highest BCUT2D eigenvalue weighted by molar-refractivity contribution is 6.33. The zero-order chi connectivity index (χ0) is 15.4. The van der Waals surface area contributed by atoms with Gasteiger partial charge in [-0.25, -0.2) is 0 Å². The molecule has 106 valence electrons. The summed E-state index contributed by atoms with van der Waals surface area (Å²) in [5.74, 6) is -1.90. The van der Waals surface area contributed by atoms with E-state index in [1.165, 1.54) is 6.92 Å². The SMILES string of the molecule is CC(=O)Nc1cc([N+](=O)[O-])c(Cl)cc1C(=O)N=C(N)N. The Kier molecular flexibility index (Phi) is 4.59. The lowest BCUT2D eigenvalue weighted by atomic mass is 10.1. The number of halogens is 1. The molecular formula is C10H10ClN5O4. The number of carbonyl (C=O) groups is 2. The Bertz CT molecular complexity index is 624. The molecule has 1 aromatic rings. The molecular weight excluding hydrogens is 290 g/mol. The Labute approximate surface area is 117 Å². The summed E-state index contributed by atoms with van der Waals surface area (Å²) >= 11 is 5.70. The van der Waals surface area contributed by atoms with Crippen LogP contribution in [0.3, 0.4) is 0 Å². The van der Waals surface area contributed by atoms with E-state index < -0.39 is 28.4 Å². The second-order valence-corrected chi connectivity index (χ2v) is 4.04. The number of carbonyl (C=O) groups excluding carboxylic acids is 2. The van der Waals surface area contributed by atoms with Crippen LogP contribution in [-0.4, -0.2) is 22.7 Å². The van der Waals surface area contributed by atoms with Gasteiger partial charge in [0.15, 0.2) is 5.96 Å². The second-order valence-electron chi connectivity index (χ2n) is 3.63. The molecule has 2 amide bonds. The van der Waals surface area contributed by atoms with Crippen LogP contribution in [0.4, 0.5) is 11.4 Å². The monoisotopic (exact) mass is 299 g/mol. The normalized spacial score (nSPS) is 9.70. The van der Waals surface area contributed by atoms with Crippen molar-refractivity contribution >= 4 is 40.7 Å². The van der Waals surface area contributed by atoms with E-state index >= 15 is 0 Å². The minimum atomic E-state index is -0.884. The third-order valence-electron chi connectivity index (χ3n) is 2.06. The van der Waals surface area contributed by atoms with E-state index in [0.717, 1.165) is 12.1 Å². The molecule has 0 spiro atoms. The number of nitro groups is 1. The number of nitro benzene ring substituents is 1. The van der Waals surface area contributed by atoms with Crippen molar-refractivity contribution in [3.63, 3.8) is 0 Å². The van der Waals surface area contributed by atoms with Gasteiger partial charge in [0.05, 0.1) is 16.2 Å². The second kappa shape index (κ2) is 5.97. The number of aliphatic imine (C=N–C) groups is 1. The van der Waals surface area contributed by atoms with Gasteiger partial charge in [-0.3, -0.25) is 19.7 Å². The number of nitrogens with one attached hydrogen (secondary N) is 1. The number of anilines is 1. The third kappa shape index (κ3) is 3.65. The molecule has 0 atom stereocenters. The number of nitrogens with two attached hydrogens (primary N) is 2. The van der Waals surface area contributed by atoms with E-state index in [-0.39, 0.29) is 16.3 Å². The Balaban J connectivity index is 3.45. The van der Waals surface area contributed by atoms with Gasteiger partial charge in [0.1, 0.15) is 5.02 Å². The summed E-state index contributed by atoms with van der Waals surface area (Å²) in [4.78, 5) is 36.1. The zero-order valence-corrected chi connectivity index (χ0v) is 11.0. The van der Waals surface area contributed by atoms with Gasteiger partial charge in [-0.05, 0) is 6.07 Å². The smallest absolute Gasteiger partial charge is 0.290 e. The fourth-order valence-corrected chi connectivity index (χ4v) is 1.58. The highest BCUT2D eigenvalue weighted by atomic mass is 35.5. The highest BCUT2D eigenvalue weighted by Crippen LogP contribution is 2.31. The molecule has 20 heavy (non-hydrogen) atoms. The fraction of sp³-hybridized carbons (Fsp3) is 0.100. The lowest BCUT2D eigenvalue weighted by Gasteiger charge is -2.08. The summed E-state index contributed by atoms with van der Waals surface area (Å²) in [5, 5.41) is 12.8. The first kappa shape index (κ1) is 15.4. The summed E-state index contributed by atoms with van der Waals surface area (Å²) in [6, 6.07) is 1.97. The number of hydrogen-bond acceptors (Lipinski definition) is 4. The molecule has 9 nitrogen and oxygen atoms in total. The average molecular weight is 300 g/mol. The van der Waals surface area contributed by atoms with Gasteiger partial charge in [-0.1, -0.05) is 11.6 Å². The number of rotatable bonds is 3. The Morgan fingerprint density at radius 2 is 2.00 bits per heavy atom.